The number of rotatable bonds is 1. The Hall–Kier alpha value is -3.37. The van der Waals surface area contributed by atoms with Crippen LogP contribution in [0, 0.1) is 22.7 Å². The van der Waals surface area contributed by atoms with E-state index in [-0.39, 0.29) is 5.57 Å². The highest BCUT2D eigenvalue weighted by molar-refractivity contribution is 6.34. The van der Waals surface area contributed by atoms with E-state index in [1.807, 2.05) is 66.7 Å². The highest BCUT2D eigenvalue weighted by atomic mass is 15.0. The van der Waals surface area contributed by atoms with Crippen molar-refractivity contribution in [3.8, 4) is 12.1 Å². The maximum absolute atomic E-state index is 9.18. The summed E-state index contributed by atoms with van der Waals surface area (Å²) in [7, 11) is 0. The Bertz CT molecular complexity index is 817. The largest absolute Gasteiger partial charge is 0.340 e. The topological polar surface area (TPSA) is 72.0 Å². The number of nitrogens with zero attached hydrogens (tertiary/aromatic N) is 3. The zero-order chi connectivity index (χ0) is 14.7. The molecule has 4 heteroatoms. The van der Waals surface area contributed by atoms with Gasteiger partial charge in [-0.2, -0.15) is 10.5 Å². The van der Waals surface area contributed by atoms with Crippen LogP contribution in [0.3, 0.4) is 0 Å². The van der Waals surface area contributed by atoms with E-state index in [1.54, 1.807) is 0 Å². The molecule has 0 radical (unpaired) electrons. The highest BCUT2D eigenvalue weighted by Crippen LogP contribution is 2.36. The lowest BCUT2D eigenvalue weighted by atomic mass is 10.0. The molecule has 3 rings (SSSR count). The van der Waals surface area contributed by atoms with Gasteiger partial charge in [0.15, 0.2) is 0 Å². The molecule has 1 aliphatic heterocycles. The monoisotopic (exact) mass is 270 g/mol. The second-order valence-electron chi connectivity index (χ2n) is 4.44. The first kappa shape index (κ1) is 12.7. The molecule has 4 nitrogen and oxygen atoms in total. The van der Waals surface area contributed by atoms with Crippen LogP contribution in [0.2, 0.25) is 0 Å². The molecule has 0 bridgehead atoms. The van der Waals surface area contributed by atoms with Gasteiger partial charge in [-0.1, -0.05) is 36.4 Å². The molecule has 1 N–H and O–H groups in total. The first-order valence-corrected chi connectivity index (χ1v) is 6.38. The van der Waals surface area contributed by atoms with Crippen molar-refractivity contribution >= 4 is 22.8 Å². The number of hydrogen-bond acceptors (Lipinski definition) is 4. The van der Waals surface area contributed by atoms with E-state index in [1.165, 1.54) is 0 Å². The molecule has 0 unspecified atom stereocenters. The number of hydrogen-bond donors (Lipinski definition) is 1. The van der Waals surface area contributed by atoms with E-state index in [2.05, 4.69) is 10.3 Å². The molecule has 0 saturated carbocycles. The second-order valence-corrected chi connectivity index (χ2v) is 4.44. The molecule has 1 aliphatic rings. The maximum Gasteiger partial charge on any atom is 0.141 e. The van der Waals surface area contributed by atoms with Gasteiger partial charge in [-0.3, -0.25) is 0 Å². The summed E-state index contributed by atoms with van der Waals surface area (Å²) in [6, 6.07) is 20.9. The molecular weight excluding hydrogens is 260 g/mol. The minimum absolute atomic E-state index is 0.0575. The standard InChI is InChI=1S/C17H10N4/c18-10-12(11-19)16-14-8-4-5-9-15(14)21-17(16)20-13-6-2-1-3-7-13/h1-9H,(H,20,21). The molecule has 0 amide bonds. The molecule has 0 saturated heterocycles. The number of amidine groups is 1. The predicted octanol–water partition coefficient (Wildman–Crippen LogP) is 3.64. The zero-order valence-electron chi connectivity index (χ0n) is 11.0. The van der Waals surface area contributed by atoms with E-state index in [0.717, 1.165) is 16.9 Å². The number of aliphatic imine (C=N–C) groups is 1. The van der Waals surface area contributed by atoms with Gasteiger partial charge in [0.25, 0.3) is 0 Å². The predicted molar refractivity (Wildman–Crippen MR) is 81.7 cm³/mol. The van der Waals surface area contributed by atoms with Gasteiger partial charge in [-0.15, -0.1) is 0 Å². The SMILES string of the molecule is N#CC(C#N)=C1C(Nc2ccccc2)=Nc2ccccc21. The fourth-order valence-electron chi connectivity index (χ4n) is 2.22. The van der Waals surface area contributed by atoms with Crippen LogP contribution in [0.4, 0.5) is 11.4 Å². The van der Waals surface area contributed by atoms with E-state index >= 15 is 0 Å². The average Bonchev–Trinajstić information content (AvgIpc) is 2.88. The van der Waals surface area contributed by atoms with Gasteiger partial charge < -0.3 is 5.32 Å². The quantitative estimate of drug-likeness (QED) is 0.804. The Morgan fingerprint density at radius 3 is 2.29 bits per heavy atom. The van der Waals surface area contributed by atoms with Gasteiger partial charge in [0.2, 0.25) is 0 Å². The van der Waals surface area contributed by atoms with Crippen LogP contribution < -0.4 is 5.32 Å². The number of nitriles is 2. The summed E-state index contributed by atoms with van der Waals surface area (Å²) in [5.74, 6) is 0.528. The molecule has 0 fully saturated rings. The van der Waals surface area contributed by atoms with E-state index in [9.17, 15) is 10.5 Å². The van der Waals surface area contributed by atoms with Crippen molar-refractivity contribution in [1.82, 2.24) is 0 Å². The van der Waals surface area contributed by atoms with Crippen LogP contribution >= 0.6 is 0 Å². The zero-order valence-corrected chi connectivity index (χ0v) is 11.0. The number of benzene rings is 2. The number of para-hydroxylation sites is 2. The number of nitrogens with one attached hydrogen (secondary N) is 1. The summed E-state index contributed by atoms with van der Waals surface area (Å²) in [5.41, 5.74) is 3.03. The third-order valence-electron chi connectivity index (χ3n) is 3.15. The van der Waals surface area contributed by atoms with Crippen LogP contribution in [-0.2, 0) is 0 Å². The Morgan fingerprint density at radius 1 is 0.905 bits per heavy atom. The van der Waals surface area contributed by atoms with Gasteiger partial charge in [-0.05, 0) is 18.2 Å². The summed E-state index contributed by atoms with van der Waals surface area (Å²) in [5, 5.41) is 21.5. The second kappa shape index (κ2) is 5.32. The van der Waals surface area contributed by atoms with Gasteiger partial charge in [0, 0.05) is 11.3 Å². The van der Waals surface area contributed by atoms with Gasteiger partial charge in [-0.25, -0.2) is 4.99 Å². The Morgan fingerprint density at radius 2 is 1.57 bits per heavy atom. The number of allylic oxidation sites excluding steroid dienone is 1. The summed E-state index contributed by atoms with van der Waals surface area (Å²) >= 11 is 0. The normalized spacial score (nSPS) is 11.9. The summed E-state index contributed by atoms with van der Waals surface area (Å²) in [6.45, 7) is 0. The molecule has 2 aromatic carbocycles. The summed E-state index contributed by atoms with van der Waals surface area (Å²) in [6.07, 6.45) is 0. The molecule has 0 aromatic heterocycles. The van der Waals surface area contributed by atoms with Gasteiger partial charge >= 0.3 is 0 Å². The lowest BCUT2D eigenvalue weighted by Gasteiger charge is -2.08. The molecule has 1 heterocycles. The fraction of sp³-hybridized carbons (Fsp3) is 0. The number of fused-ring (bicyclic) bond motifs is 1. The number of anilines is 1. The highest BCUT2D eigenvalue weighted by Gasteiger charge is 2.24. The minimum atomic E-state index is 0.0575. The van der Waals surface area contributed by atoms with Crippen molar-refractivity contribution in [3.05, 3.63) is 65.7 Å². The maximum atomic E-state index is 9.18. The average molecular weight is 270 g/mol. The molecular formula is C17H10N4. The molecule has 98 valence electrons. The first-order valence-electron chi connectivity index (χ1n) is 6.38. The van der Waals surface area contributed by atoms with Crippen molar-refractivity contribution in [2.75, 3.05) is 5.32 Å². The van der Waals surface area contributed by atoms with Crippen LogP contribution in [-0.4, -0.2) is 5.84 Å². The molecule has 0 atom stereocenters. The van der Waals surface area contributed by atoms with Gasteiger partial charge in [0.1, 0.15) is 23.5 Å². The van der Waals surface area contributed by atoms with Crippen LogP contribution in [0.1, 0.15) is 5.56 Å². The minimum Gasteiger partial charge on any atom is -0.340 e. The van der Waals surface area contributed by atoms with Crippen molar-refractivity contribution < 1.29 is 0 Å². The molecule has 2 aromatic rings. The summed E-state index contributed by atoms with van der Waals surface area (Å²) < 4.78 is 0. The smallest absolute Gasteiger partial charge is 0.141 e. The molecule has 0 spiro atoms. The Labute approximate surface area is 122 Å². The fourth-order valence-corrected chi connectivity index (χ4v) is 2.22. The van der Waals surface area contributed by atoms with Crippen LogP contribution in [0.25, 0.3) is 5.57 Å². The molecule has 21 heavy (non-hydrogen) atoms. The third-order valence-corrected chi connectivity index (χ3v) is 3.15. The van der Waals surface area contributed by atoms with Crippen molar-refractivity contribution in [1.29, 1.82) is 10.5 Å². The van der Waals surface area contributed by atoms with Crippen molar-refractivity contribution in [2.45, 2.75) is 0 Å². The van der Waals surface area contributed by atoms with E-state index in [4.69, 9.17) is 0 Å². The van der Waals surface area contributed by atoms with Gasteiger partial charge in [0.05, 0.1) is 11.3 Å². The van der Waals surface area contributed by atoms with E-state index < -0.39 is 0 Å². The molecule has 0 aliphatic carbocycles. The van der Waals surface area contributed by atoms with Crippen molar-refractivity contribution in [2.24, 2.45) is 4.99 Å². The lowest BCUT2D eigenvalue weighted by molar-refractivity contribution is 1.46. The van der Waals surface area contributed by atoms with Crippen LogP contribution in [0.5, 0.6) is 0 Å². The third kappa shape index (κ3) is 2.27. The van der Waals surface area contributed by atoms with E-state index in [0.29, 0.717) is 11.4 Å². The Kier molecular flexibility index (Phi) is 3.21. The summed E-state index contributed by atoms with van der Waals surface area (Å²) in [4.78, 5) is 4.49. The first-order chi connectivity index (χ1) is 10.3. The Balaban J connectivity index is 2.11. The lowest BCUT2D eigenvalue weighted by Crippen LogP contribution is -2.12. The van der Waals surface area contributed by atoms with Crippen LogP contribution in [0.15, 0.2) is 65.2 Å². The van der Waals surface area contributed by atoms with Crippen molar-refractivity contribution in [3.63, 3.8) is 0 Å².